The van der Waals surface area contributed by atoms with Crippen molar-refractivity contribution in [2.75, 3.05) is 4.90 Å². The molecule has 1 aromatic heterocycles. The molecular weight excluding hydrogens is 605 g/mol. The second kappa shape index (κ2) is 12.8. The topological polar surface area (TPSA) is 8.17 Å². The molecule has 9 aromatic rings. The molecule has 8 aromatic carbocycles. The molecule has 0 saturated carbocycles. The van der Waals surface area contributed by atoms with Crippen molar-refractivity contribution in [3.63, 3.8) is 0 Å². The Hall–Kier alpha value is -6.64. The predicted octanol–water partition coefficient (Wildman–Crippen LogP) is 13.3. The Morgan fingerprint density at radius 3 is 1.26 bits per heavy atom. The molecule has 236 valence electrons. The number of fused-ring (bicyclic) bond motifs is 3. The van der Waals surface area contributed by atoms with E-state index in [1.54, 1.807) is 0 Å². The maximum absolute atomic E-state index is 2.43. The lowest BCUT2D eigenvalue weighted by Crippen LogP contribution is -2.09. The van der Waals surface area contributed by atoms with Crippen LogP contribution in [0.2, 0.25) is 0 Å². The van der Waals surface area contributed by atoms with Crippen LogP contribution in [0.3, 0.4) is 0 Å². The Bertz CT molecular complexity index is 2500. The van der Waals surface area contributed by atoms with Gasteiger partial charge in [-0.15, -0.1) is 0 Å². The largest absolute Gasteiger partial charge is 0.311 e. The smallest absolute Gasteiger partial charge is 0.0546 e. The molecule has 0 saturated heterocycles. The van der Waals surface area contributed by atoms with Gasteiger partial charge >= 0.3 is 0 Å². The highest BCUT2D eigenvalue weighted by Gasteiger charge is 2.17. The summed E-state index contributed by atoms with van der Waals surface area (Å²) in [6, 6.07) is 74.0. The van der Waals surface area contributed by atoms with Gasteiger partial charge in [-0.2, -0.15) is 0 Å². The molecule has 0 aliphatic rings. The van der Waals surface area contributed by atoms with Crippen molar-refractivity contribution in [1.29, 1.82) is 0 Å². The third kappa shape index (κ3) is 5.34. The van der Waals surface area contributed by atoms with Crippen LogP contribution < -0.4 is 4.90 Å². The summed E-state index contributed by atoms with van der Waals surface area (Å²) in [6.45, 7) is 0. The summed E-state index contributed by atoms with van der Waals surface area (Å²) >= 11 is 0. The van der Waals surface area contributed by atoms with Crippen molar-refractivity contribution < 1.29 is 0 Å². The van der Waals surface area contributed by atoms with Gasteiger partial charge in [0.15, 0.2) is 0 Å². The van der Waals surface area contributed by atoms with Gasteiger partial charge in [-0.3, -0.25) is 0 Å². The van der Waals surface area contributed by atoms with Crippen LogP contribution in [0.4, 0.5) is 17.1 Å². The van der Waals surface area contributed by atoms with Gasteiger partial charge in [-0.1, -0.05) is 152 Å². The number of rotatable bonds is 7. The first-order chi connectivity index (χ1) is 24.8. The fraction of sp³-hybridized carbons (Fsp3) is 0. The van der Waals surface area contributed by atoms with Crippen molar-refractivity contribution in [3.8, 4) is 39.1 Å². The summed E-state index contributed by atoms with van der Waals surface area (Å²) in [4.78, 5) is 2.32. The number of anilines is 3. The van der Waals surface area contributed by atoms with Crippen molar-refractivity contribution in [2.45, 2.75) is 0 Å². The molecule has 2 heteroatoms. The zero-order valence-electron chi connectivity index (χ0n) is 27.5. The van der Waals surface area contributed by atoms with E-state index in [1.165, 1.54) is 60.9 Å². The van der Waals surface area contributed by atoms with Gasteiger partial charge in [0, 0.05) is 33.4 Å². The zero-order valence-corrected chi connectivity index (χ0v) is 27.5. The normalized spacial score (nSPS) is 11.2. The minimum atomic E-state index is 1.11. The number of hydrogen-bond donors (Lipinski definition) is 0. The molecule has 0 bridgehead atoms. The van der Waals surface area contributed by atoms with Gasteiger partial charge in [0.1, 0.15) is 0 Å². The van der Waals surface area contributed by atoms with E-state index in [0.29, 0.717) is 0 Å². The summed E-state index contributed by atoms with van der Waals surface area (Å²) in [7, 11) is 0. The van der Waals surface area contributed by atoms with E-state index in [2.05, 4.69) is 216 Å². The molecule has 0 unspecified atom stereocenters. The molecule has 9 rings (SSSR count). The fourth-order valence-electron chi connectivity index (χ4n) is 7.20. The number of nitrogens with zero attached hydrogens (tertiary/aromatic N) is 2. The van der Waals surface area contributed by atoms with Crippen LogP contribution in [-0.4, -0.2) is 4.57 Å². The molecule has 0 amide bonds. The van der Waals surface area contributed by atoms with E-state index in [-0.39, 0.29) is 0 Å². The molecule has 0 radical (unpaired) electrons. The van der Waals surface area contributed by atoms with E-state index >= 15 is 0 Å². The van der Waals surface area contributed by atoms with Crippen LogP contribution in [0, 0.1) is 0 Å². The molecule has 0 N–H and O–H groups in total. The molecule has 0 spiro atoms. The Morgan fingerprint density at radius 1 is 0.300 bits per heavy atom. The molecule has 1 heterocycles. The van der Waals surface area contributed by atoms with Gasteiger partial charge < -0.3 is 9.47 Å². The second-order valence-electron chi connectivity index (χ2n) is 12.6. The number of hydrogen-bond acceptors (Lipinski definition) is 1. The van der Waals surface area contributed by atoms with Crippen LogP contribution in [0.5, 0.6) is 0 Å². The van der Waals surface area contributed by atoms with Gasteiger partial charge in [0.05, 0.1) is 16.7 Å². The number of aromatic nitrogens is 1. The molecule has 0 fully saturated rings. The number of para-hydroxylation sites is 3. The van der Waals surface area contributed by atoms with Crippen LogP contribution in [0.25, 0.3) is 60.9 Å². The maximum Gasteiger partial charge on any atom is 0.0546 e. The molecule has 0 aliphatic heterocycles. The molecule has 0 aliphatic carbocycles. The Balaban J connectivity index is 1.15. The van der Waals surface area contributed by atoms with E-state index in [4.69, 9.17) is 0 Å². The first kappa shape index (κ1) is 29.5. The first-order valence-corrected chi connectivity index (χ1v) is 17.1. The van der Waals surface area contributed by atoms with Crippen LogP contribution in [0.15, 0.2) is 206 Å². The Labute approximate surface area is 292 Å². The van der Waals surface area contributed by atoms with E-state index < -0.39 is 0 Å². The van der Waals surface area contributed by atoms with Crippen molar-refractivity contribution >= 4 is 38.9 Å². The summed E-state index contributed by atoms with van der Waals surface area (Å²) < 4.78 is 2.43. The highest BCUT2D eigenvalue weighted by Crippen LogP contribution is 2.40. The van der Waals surface area contributed by atoms with Crippen LogP contribution in [-0.2, 0) is 0 Å². The Morgan fingerprint density at radius 2 is 0.700 bits per heavy atom. The van der Waals surface area contributed by atoms with Crippen molar-refractivity contribution in [3.05, 3.63) is 206 Å². The average Bonchev–Trinajstić information content (AvgIpc) is 3.54. The van der Waals surface area contributed by atoms with Gasteiger partial charge in [0.25, 0.3) is 0 Å². The van der Waals surface area contributed by atoms with Gasteiger partial charge in [0.2, 0.25) is 0 Å². The fourth-order valence-corrected chi connectivity index (χ4v) is 7.20. The summed E-state index contributed by atoms with van der Waals surface area (Å²) in [5.74, 6) is 0. The van der Waals surface area contributed by atoms with E-state index in [1.807, 2.05) is 0 Å². The highest BCUT2D eigenvalue weighted by atomic mass is 15.1. The second-order valence-corrected chi connectivity index (χ2v) is 12.6. The number of benzene rings is 8. The van der Waals surface area contributed by atoms with Crippen LogP contribution in [0.1, 0.15) is 0 Å². The minimum absolute atomic E-state index is 1.11. The van der Waals surface area contributed by atoms with Gasteiger partial charge in [-0.25, -0.2) is 0 Å². The molecule has 2 nitrogen and oxygen atoms in total. The van der Waals surface area contributed by atoms with Crippen LogP contribution >= 0.6 is 0 Å². The molecule has 50 heavy (non-hydrogen) atoms. The average molecular weight is 639 g/mol. The first-order valence-electron chi connectivity index (χ1n) is 17.1. The molecule has 0 atom stereocenters. The minimum Gasteiger partial charge on any atom is -0.311 e. The third-order valence-electron chi connectivity index (χ3n) is 9.61. The van der Waals surface area contributed by atoms with E-state index in [0.717, 1.165) is 17.1 Å². The summed E-state index contributed by atoms with van der Waals surface area (Å²) in [6.07, 6.45) is 0. The van der Waals surface area contributed by atoms with Gasteiger partial charge in [-0.05, 0) is 82.4 Å². The standard InChI is InChI=1S/C48H34N2/c1-4-14-35(15-5-1)36-24-29-41(30-25-36)49(40-18-8-3-9-19-40)42-31-26-37(27-32-42)39-28-33-43(38-16-6-2-7-17-38)48(34-39)50-46-22-12-10-20-44(46)45-21-11-13-23-47(45)50/h1-34H. The lowest BCUT2D eigenvalue weighted by Gasteiger charge is -2.26. The van der Waals surface area contributed by atoms with Crippen molar-refractivity contribution in [2.24, 2.45) is 0 Å². The third-order valence-corrected chi connectivity index (χ3v) is 9.61. The maximum atomic E-state index is 2.43. The predicted molar refractivity (Wildman–Crippen MR) is 212 cm³/mol. The van der Waals surface area contributed by atoms with Crippen molar-refractivity contribution in [1.82, 2.24) is 4.57 Å². The Kier molecular flexibility index (Phi) is 7.53. The summed E-state index contributed by atoms with van der Waals surface area (Å²) in [5.41, 5.74) is 14.1. The lowest BCUT2D eigenvalue weighted by molar-refractivity contribution is 1.18. The SMILES string of the molecule is c1ccc(-c2ccc(N(c3ccccc3)c3ccc(-c4ccc(-c5ccccc5)c(-n5c6ccccc6c6ccccc65)c4)cc3)cc2)cc1. The lowest BCUT2D eigenvalue weighted by atomic mass is 9.97. The quantitative estimate of drug-likeness (QED) is 0.169. The monoisotopic (exact) mass is 638 g/mol. The zero-order chi connectivity index (χ0) is 33.3. The summed E-state index contributed by atoms with van der Waals surface area (Å²) in [5, 5.41) is 2.52. The van der Waals surface area contributed by atoms with E-state index in [9.17, 15) is 0 Å². The highest BCUT2D eigenvalue weighted by molar-refractivity contribution is 6.09. The molecular formula is C48H34N2.